The maximum atomic E-state index is 14.0. The molecular formula is C15H13FIN5O. The van der Waals surface area contributed by atoms with E-state index in [1.54, 1.807) is 24.5 Å². The van der Waals surface area contributed by atoms with Gasteiger partial charge in [-0.2, -0.15) is 0 Å². The van der Waals surface area contributed by atoms with Crippen molar-refractivity contribution in [3.05, 3.63) is 46.0 Å². The summed E-state index contributed by atoms with van der Waals surface area (Å²) in [6.45, 7) is 2.35. The first-order valence-electron chi connectivity index (χ1n) is 6.89. The number of benzene rings is 1. The molecule has 0 spiro atoms. The minimum Gasteiger partial charge on any atom is -0.464 e. The molecule has 0 aliphatic rings. The van der Waals surface area contributed by atoms with Crippen LogP contribution in [0.3, 0.4) is 0 Å². The van der Waals surface area contributed by atoms with Crippen molar-refractivity contribution >= 4 is 34.0 Å². The molecule has 6 nitrogen and oxygen atoms in total. The number of aromatic amines is 1. The van der Waals surface area contributed by atoms with E-state index in [0.29, 0.717) is 29.8 Å². The van der Waals surface area contributed by atoms with Crippen molar-refractivity contribution in [1.29, 1.82) is 0 Å². The van der Waals surface area contributed by atoms with Gasteiger partial charge in [-0.3, -0.25) is 9.97 Å². The lowest BCUT2D eigenvalue weighted by Gasteiger charge is -2.10. The highest BCUT2D eigenvalue weighted by Gasteiger charge is 2.12. The molecule has 0 saturated carbocycles. The van der Waals surface area contributed by atoms with Gasteiger partial charge >= 0.3 is 6.01 Å². The van der Waals surface area contributed by atoms with E-state index in [1.807, 2.05) is 13.0 Å². The summed E-state index contributed by atoms with van der Waals surface area (Å²) >= 11 is 2.06. The number of nitrogens with zero attached hydrogens (tertiary/aromatic N) is 3. The summed E-state index contributed by atoms with van der Waals surface area (Å²) in [7, 11) is 0. The smallest absolute Gasteiger partial charge is 0.314 e. The van der Waals surface area contributed by atoms with Crippen LogP contribution in [0, 0.1) is 9.39 Å². The van der Waals surface area contributed by atoms with Crippen molar-refractivity contribution in [2.24, 2.45) is 0 Å². The Kier molecular flexibility index (Phi) is 4.70. The molecule has 0 bridgehead atoms. The van der Waals surface area contributed by atoms with Crippen molar-refractivity contribution < 1.29 is 9.13 Å². The molecule has 0 unspecified atom stereocenters. The fourth-order valence-electron chi connectivity index (χ4n) is 2.01. The van der Waals surface area contributed by atoms with Gasteiger partial charge in [0.25, 0.3) is 0 Å². The lowest BCUT2D eigenvalue weighted by atomic mass is 10.2. The highest BCUT2D eigenvalue weighted by atomic mass is 127. The van der Waals surface area contributed by atoms with Crippen LogP contribution in [0.2, 0.25) is 0 Å². The van der Waals surface area contributed by atoms with E-state index in [9.17, 15) is 4.39 Å². The Labute approximate surface area is 145 Å². The van der Waals surface area contributed by atoms with Gasteiger partial charge in [-0.05, 0) is 53.8 Å². The van der Waals surface area contributed by atoms with Gasteiger partial charge in [-0.25, -0.2) is 4.39 Å². The molecular weight excluding hydrogens is 412 g/mol. The van der Waals surface area contributed by atoms with Crippen LogP contribution in [0.5, 0.6) is 6.01 Å². The van der Waals surface area contributed by atoms with Gasteiger partial charge in [0.15, 0.2) is 5.82 Å². The second-order valence-corrected chi connectivity index (χ2v) is 5.83. The van der Waals surface area contributed by atoms with Gasteiger partial charge in [0.1, 0.15) is 5.82 Å². The van der Waals surface area contributed by atoms with E-state index < -0.39 is 0 Å². The maximum absolute atomic E-state index is 14.0. The fourth-order valence-corrected chi connectivity index (χ4v) is 2.46. The van der Waals surface area contributed by atoms with Gasteiger partial charge in [0.2, 0.25) is 0 Å². The van der Waals surface area contributed by atoms with Crippen LogP contribution in [0.1, 0.15) is 6.92 Å². The summed E-state index contributed by atoms with van der Waals surface area (Å²) in [5.74, 6) is 0.184. The molecule has 0 aliphatic heterocycles. The fraction of sp³-hybridized carbons (Fsp3) is 0.133. The summed E-state index contributed by atoms with van der Waals surface area (Å²) in [6, 6.07) is 7.07. The summed E-state index contributed by atoms with van der Waals surface area (Å²) in [4.78, 5) is 7.05. The number of nitrogens with one attached hydrogen (secondary N) is 2. The Morgan fingerprint density at radius 1 is 1.26 bits per heavy atom. The van der Waals surface area contributed by atoms with Crippen LogP contribution >= 0.6 is 22.6 Å². The number of rotatable bonds is 5. The third-order valence-electron chi connectivity index (χ3n) is 3.02. The summed E-state index contributed by atoms with van der Waals surface area (Å²) < 4.78 is 20.1. The zero-order valence-electron chi connectivity index (χ0n) is 12.2. The molecule has 2 heterocycles. The quantitative estimate of drug-likeness (QED) is 0.610. The number of aromatic nitrogens is 4. The molecule has 8 heteroatoms. The number of pyridine rings is 1. The maximum Gasteiger partial charge on any atom is 0.314 e. The van der Waals surface area contributed by atoms with Gasteiger partial charge in [-0.15, -0.1) is 5.10 Å². The minimum atomic E-state index is -0.334. The third kappa shape index (κ3) is 3.58. The first-order chi connectivity index (χ1) is 11.2. The van der Waals surface area contributed by atoms with Crippen LogP contribution in [-0.4, -0.2) is 26.8 Å². The van der Waals surface area contributed by atoms with E-state index in [4.69, 9.17) is 4.74 Å². The van der Waals surface area contributed by atoms with Crippen LogP contribution in [0.25, 0.3) is 11.4 Å². The Balaban J connectivity index is 1.93. The van der Waals surface area contributed by atoms with Crippen LogP contribution in [-0.2, 0) is 0 Å². The largest absolute Gasteiger partial charge is 0.464 e. The van der Waals surface area contributed by atoms with E-state index in [0.717, 1.165) is 9.13 Å². The van der Waals surface area contributed by atoms with E-state index in [2.05, 4.69) is 48.1 Å². The molecule has 3 rings (SSSR count). The first kappa shape index (κ1) is 15.7. The molecule has 1 aromatic carbocycles. The van der Waals surface area contributed by atoms with Gasteiger partial charge in [0, 0.05) is 15.3 Å². The predicted molar refractivity (Wildman–Crippen MR) is 93.2 cm³/mol. The van der Waals surface area contributed by atoms with Gasteiger partial charge in [0.05, 0.1) is 24.2 Å². The van der Waals surface area contributed by atoms with Crippen molar-refractivity contribution in [3.63, 3.8) is 0 Å². The number of H-pyrrole nitrogens is 1. The standard InChI is InChI=1S/C15H13FIN5O/c1-2-23-15-20-14(21-22-15)10-5-6-18-8-13(10)19-12-4-3-9(17)7-11(12)16/h3-8,19H,2H2,1H3,(H,20,21,22). The molecule has 3 aromatic rings. The van der Waals surface area contributed by atoms with Gasteiger partial charge in [-0.1, -0.05) is 5.10 Å². The third-order valence-corrected chi connectivity index (χ3v) is 3.69. The Hall–Kier alpha value is -2.23. The van der Waals surface area contributed by atoms with E-state index in [1.165, 1.54) is 6.07 Å². The minimum absolute atomic E-state index is 0.334. The van der Waals surface area contributed by atoms with E-state index >= 15 is 0 Å². The van der Waals surface area contributed by atoms with Crippen LogP contribution < -0.4 is 10.1 Å². The number of ether oxygens (including phenoxy) is 1. The van der Waals surface area contributed by atoms with E-state index in [-0.39, 0.29) is 5.82 Å². The number of anilines is 2. The topological polar surface area (TPSA) is 75.7 Å². The molecule has 0 radical (unpaired) electrons. The molecule has 0 fully saturated rings. The van der Waals surface area contributed by atoms with Crippen LogP contribution in [0.4, 0.5) is 15.8 Å². The highest BCUT2D eigenvalue weighted by Crippen LogP contribution is 2.29. The molecule has 23 heavy (non-hydrogen) atoms. The second-order valence-electron chi connectivity index (χ2n) is 4.58. The molecule has 2 aromatic heterocycles. The predicted octanol–water partition coefficient (Wildman–Crippen LogP) is 3.75. The second kappa shape index (κ2) is 6.90. The summed E-state index contributed by atoms with van der Waals surface area (Å²) in [6.07, 6.45) is 3.24. The molecule has 0 aliphatic carbocycles. The van der Waals surface area contributed by atoms with Crippen molar-refractivity contribution in [2.75, 3.05) is 11.9 Å². The monoisotopic (exact) mass is 425 g/mol. The molecule has 0 atom stereocenters. The SMILES string of the molecule is CCOc1nnc(-c2ccncc2Nc2ccc(I)cc2F)[nH]1. The normalized spacial score (nSPS) is 10.6. The molecule has 2 N–H and O–H groups in total. The Morgan fingerprint density at radius 3 is 2.91 bits per heavy atom. The Bertz CT molecular complexity index is 823. The average molecular weight is 425 g/mol. The number of hydrogen-bond acceptors (Lipinski definition) is 5. The lowest BCUT2D eigenvalue weighted by molar-refractivity contribution is 0.314. The van der Waals surface area contributed by atoms with Crippen LogP contribution in [0.15, 0.2) is 36.7 Å². The lowest BCUT2D eigenvalue weighted by Crippen LogP contribution is -1.98. The van der Waals surface area contributed by atoms with Crippen molar-refractivity contribution in [1.82, 2.24) is 20.2 Å². The average Bonchev–Trinajstić information content (AvgIpc) is 2.99. The number of halogens is 2. The van der Waals surface area contributed by atoms with Crippen molar-refractivity contribution in [3.8, 4) is 17.4 Å². The van der Waals surface area contributed by atoms with Gasteiger partial charge < -0.3 is 10.1 Å². The summed E-state index contributed by atoms with van der Waals surface area (Å²) in [5.41, 5.74) is 1.70. The molecule has 0 saturated heterocycles. The summed E-state index contributed by atoms with van der Waals surface area (Å²) in [5, 5.41) is 11.0. The molecule has 0 amide bonds. The highest BCUT2D eigenvalue weighted by molar-refractivity contribution is 14.1. The van der Waals surface area contributed by atoms with Crippen molar-refractivity contribution in [2.45, 2.75) is 6.92 Å². The first-order valence-corrected chi connectivity index (χ1v) is 7.97. The zero-order valence-corrected chi connectivity index (χ0v) is 14.3. The zero-order chi connectivity index (χ0) is 16.2. The Morgan fingerprint density at radius 2 is 2.13 bits per heavy atom. The number of hydrogen-bond donors (Lipinski definition) is 2. The molecule has 118 valence electrons.